The smallest absolute Gasteiger partial charge is 0.253 e. The van der Waals surface area contributed by atoms with Gasteiger partial charge in [0.2, 0.25) is 10.0 Å². The molecule has 0 atom stereocenters. The van der Waals surface area contributed by atoms with Crippen LogP contribution in [0, 0.1) is 0 Å². The number of hydrogen-bond acceptors (Lipinski definition) is 5. The van der Waals surface area contributed by atoms with Gasteiger partial charge >= 0.3 is 0 Å². The molecule has 2 heterocycles. The van der Waals surface area contributed by atoms with Crippen LogP contribution in [0.25, 0.3) is 0 Å². The molecular formula is C20H26N4O3S. The van der Waals surface area contributed by atoms with Crippen LogP contribution in [0.3, 0.4) is 0 Å². The Morgan fingerprint density at radius 2 is 1.89 bits per heavy atom. The maximum atomic E-state index is 12.8. The Balaban J connectivity index is 1.63. The highest BCUT2D eigenvalue weighted by Gasteiger charge is 2.24. The van der Waals surface area contributed by atoms with Gasteiger partial charge in [0.1, 0.15) is 0 Å². The third-order valence-electron chi connectivity index (χ3n) is 4.57. The van der Waals surface area contributed by atoms with Crippen molar-refractivity contribution in [3.63, 3.8) is 0 Å². The number of sulfonamides is 1. The van der Waals surface area contributed by atoms with E-state index in [4.69, 9.17) is 0 Å². The van der Waals surface area contributed by atoms with Crippen LogP contribution in [-0.4, -0.2) is 61.3 Å². The van der Waals surface area contributed by atoms with Gasteiger partial charge in [0.05, 0.1) is 4.90 Å². The predicted molar refractivity (Wildman–Crippen MR) is 107 cm³/mol. The van der Waals surface area contributed by atoms with Crippen molar-refractivity contribution in [2.24, 2.45) is 0 Å². The first-order valence-corrected chi connectivity index (χ1v) is 10.9. The lowest BCUT2D eigenvalue weighted by atomic mass is 10.1. The number of benzene rings is 1. The fourth-order valence-corrected chi connectivity index (χ4v) is 4.51. The van der Waals surface area contributed by atoms with Crippen molar-refractivity contribution in [3.05, 3.63) is 59.9 Å². The van der Waals surface area contributed by atoms with Crippen LogP contribution in [0.4, 0.5) is 0 Å². The first kappa shape index (κ1) is 20.4. The number of hydrogen-bond donors (Lipinski definition) is 1. The van der Waals surface area contributed by atoms with Crippen LogP contribution in [-0.2, 0) is 16.6 Å². The van der Waals surface area contributed by atoms with Gasteiger partial charge in [0.25, 0.3) is 5.91 Å². The van der Waals surface area contributed by atoms with E-state index in [1.54, 1.807) is 37.1 Å². The summed E-state index contributed by atoms with van der Waals surface area (Å²) in [7, 11) is -3.62. The summed E-state index contributed by atoms with van der Waals surface area (Å²) in [6.07, 6.45) is 3.61. The minimum absolute atomic E-state index is 0.113. The zero-order valence-electron chi connectivity index (χ0n) is 16.2. The second kappa shape index (κ2) is 8.81. The maximum absolute atomic E-state index is 12.8. The van der Waals surface area contributed by atoms with Crippen molar-refractivity contribution >= 4 is 15.9 Å². The Kier molecular flexibility index (Phi) is 6.43. The van der Waals surface area contributed by atoms with Gasteiger partial charge in [-0.05, 0) is 43.7 Å². The lowest BCUT2D eigenvalue weighted by Crippen LogP contribution is -2.48. The third-order valence-corrected chi connectivity index (χ3v) is 6.23. The Labute approximate surface area is 166 Å². The molecule has 28 heavy (non-hydrogen) atoms. The van der Waals surface area contributed by atoms with Crippen molar-refractivity contribution in [3.8, 4) is 0 Å². The highest BCUT2D eigenvalue weighted by Crippen LogP contribution is 2.16. The quantitative estimate of drug-likeness (QED) is 0.796. The molecule has 1 amide bonds. The summed E-state index contributed by atoms with van der Waals surface area (Å²) >= 11 is 0. The fraction of sp³-hybridized carbons (Fsp3) is 0.400. The first-order valence-electron chi connectivity index (χ1n) is 9.38. The van der Waals surface area contributed by atoms with E-state index in [-0.39, 0.29) is 16.8 Å². The Bertz CT molecular complexity index is 908. The molecular weight excluding hydrogens is 376 g/mol. The van der Waals surface area contributed by atoms with E-state index < -0.39 is 10.0 Å². The number of pyridine rings is 1. The molecule has 1 fully saturated rings. The van der Waals surface area contributed by atoms with E-state index in [0.29, 0.717) is 18.7 Å². The van der Waals surface area contributed by atoms with Gasteiger partial charge in [0, 0.05) is 56.7 Å². The Morgan fingerprint density at radius 3 is 2.54 bits per heavy atom. The summed E-state index contributed by atoms with van der Waals surface area (Å²) in [5.41, 5.74) is 1.55. The molecule has 150 valence electrons. The average molecular weight is 403 g/mol. The molecule has 0 spiro atoms. The van der Waals surface area contributed by atoms with Crippen molar-refractivity contribution in [1.29, 1.82) is 0 Å². The minimum atomic E-state index is -3.62. The normalized spacial score (nSPS) is 15.8. The van der Waals surface area contributed by atoms with E-state index in [9.17, 15) is 13.2 Å². The molecule has 0 aliphatic carbocycles. The number of nitrogens with one attached hydrogen (secondary N) is 1. The molecule has 1 saturated heterocycles. The largest absolute Gasteiger partial charge is 0.336 e. The molecule has 0 saturated carbocycles. The zero-order valence-corrected chi connectivity index (χ0v) is 17.0. The van der Waals surface area contributed by atoms with Gasteiger partial charge in [-0.2, -0.15) is 0 Å². The fourth-order valence-electron chi connectivity index (χ4n) is 3.22. The van der Waals surface area contributed by atoms with E-state index in [0.717, 1.165) is 25.2 Å². The molecule has 7 nitrogen and oxygen atoms in total. The topological polar surface area (TPSA) is 82.6 Å². The van der Waals surface area contributed by atoms with Gasteiger partial charge < -0.3 is 4.90 Å². The lowest BCUT2D eigenvalue weighted by Gasteiger charge is -2.34. The summed E-state index contributed by atoms with van der Waals surface area (Å²) in [5, 5.41) is 0. The lowest BCUT2D eigenvalue weighted by molar-refractivity contribution is 0.0628. The number of amides is 1. The van der Waals surface area contributed by atoms with Gasteiger partial charge in [-0.3, -0.25) is 14.7 Å². The molecule has 0 unspecified atom stereocenters. The number of nitrogens with zero attached hydrogens (tertiary/aromatic N) is 3. The molecule has 0 bridgehead atoms. The monoisotopic (exact) mass is 402 g/mol. The molecule has 1 N–H and O–H groups in total. The molecule has 1 aromatic carbocycles. The first-order chi connectivity index (χ1) is 13.3. The van der Waals surface area contributed by atoms with Crippen LogP contribution in [0.2, 0.25) is 0 Å². The van der Waals surface area contributed by atoms with E-state index in [1.165, 1.54) is 12.1 Å². The number of piperazine rings is 1. The van der Waals surface area contributed by atoms with Crippen LogP contribution in [0.15, 0.2) is 53.7 Å². The SMILES string of the molecule is CC(C)NS(=O)(=O)c1cccc(C(=O)N2CCN(Cc3cccnc3)CC2)c1. The van der Waals surface area contributed by atoms with Gasteiger partial charge in [-0.1, -0.05) is 12.1 Å². The summed E-state index contributed by atoms with van der Waals surface area (Å²) in [6.45, 7) is 7.10. The number of carbonyl (C=O) groups excluding carboxylic acids is 1. The summed E-state index contributed by atoms with van der Waals surface area (Å²) in [6, 6.07) is 9.99. The van der Waals surface area contributed by atoms with Crippen molar-refractivity contribution in [1.82, 2.24) is 19.5 Å². The van der Waals surface area contributed by atoms with Gasteiger partial charge in [0.15, 0.2) is 0 Å². The maximum Gasteiger partial charge on any atom is 0.253 e. The van der Waals surface area contributed by atoms with E-state index in [2.05, 4.69) is 14.6 Å². The number of carbonyl (C=O) groups is 1. The molecule has 8 heteroatoms. The van der Waals surface area contributed by atoms with Crippen molar-refractivity contribution < 1.29 is 13.2 Å². The van der Waals surface area contributed by atoms with Crippen molar-refractivity contribution in [2.75, 3.05) is 26.2 Å². The van der Waals surface area contributed by atoms with Crippen LogP contribution in [0.5, 0.6) is 0 Å². The highest BCUT2D eigenvalue weighted by atomic mass is 32.2. The minimum Gasteiger partial charge on any atom is -0.336 e. The standard InChI is InChI=1S/C20H26N4O3S/c1-16(2)22-28(26,27)19-7-3-6-18(13-19)20(25)24-11-9-23(10-12-24)15-17-5-4-8-21-14-17/h3-8,13-14,16,22H,9-12,15H2,1-2H3. The summed E-state index contributed by atoms with van der Waals surface area (Å²) in [5.74, 6) is -0.136. The predicted octanol–water partition coefficient (Wildman–Crippen LogP) is 1.73. The summed E-state index contributed by atoms with van der Waals surface area (Å²) in [4.78, 5) is 21.2. The van der Waals surface area contributed by atoms with Crippen LogP contribution >= 0.6 is 0 Å². The Hall–Kier alpha value is -2.29. The second-order valence-electron chi connectivity index (χ2n) is 7.23. The molecule has 3 rings (SSSR count). The van der Waals surface area contributed by atoms with Gasteiger partial charge in [-0.15, -0.1) is 0 Å². The van der Waals surface area contributed by atoms with Gasteiger partial charge in [-0.25, -0.2) is 13.1 Å². The number of rotatable bonds is 6. The molecule has 1 aliphatic heterocycles. The summed E-state index contributed by atoms with van der Waals surface area (Å²) < 4.78 is 27.3. The van der Waals surface area contributed by atoms with Crippen LogP contribution in [0.1, 0.15) is 29.8 Å². The Morgan fingerprint density at radius 1 is 1.14 bits per heavy atom. The van der Waals surface area contributed by atoms with E-state index in [1.807, 2.05) is 18.3 Å². The average Bonchev–Trinajstić information content (AvgIpc) is 2.68. The highest BCUT2D eigenvalue weighted by molar-refractivity contribution is 7.89. The van der Waals surface area contributed by atoms with Crippen LogP contribution < -0.4 is 4.72 Å². The molecule has 2 aromatic rings. The molecule has 1 aromatic heterocycles. The molecule has 1 aliphatic rings. The zero-order chi connectivity index (χ0) is 20.1. The third kappa shape index (κ3) is 5.15. The van der Waals surface area contributed by atoms with Crippen molar-refractivity contribution in [2.45, 2.75) is 31.3 Å². The number of aromatic nitrogens is 1. The molecule has 0 radical (unpaired) electrons. The van der Waals surface area contributed by atoms with E-state index >= 15 is 0 Å². The second-order valence-corrected chi connectivity index (χ2v) is 8.95.